The summed E-state index contributed by atoms with van der Waals surface area (Å²) >= 11 is 0. The fourth-order valence-electron chi connectivity index (χ4n) is 3.31. The van der Waals surface area contributed by atoms with Crippen LogP contribution < -0.4 is 0 Å². The molecular formula is C15H25NO4. The van der Waals surface area contributed by atoms with Gasteiger partial charge in [0.15, 0.2) is 0 Å². The molecule has 0 bridgehead atoms. The zero-order valence-electron chi connectivity index (χ0n) is 12.2. The number of rotatable bonds is 4. The summed E-state index contributed by atoms with van der Waals surface area (Å²) in [5, 5.41) is 9.12. The molecule has 5 heteroatoms. The molecule has 0 aromatic heterocycles. The molecule has 1 saturated heterocycles. The molecule has 0 aromatic carbocycles. The number of carbonyl (C=O) groups is 2. The zero-order valence-corrected chi connectivity index (χ0v) is 12.2. The summed E-state index contributed by atoms with van der Waals surface area (Å²) in [4.78, 5) is 25.5. The lowest BCUT2D eigenvalue weighted by atomic mass is 9.80. The van der Waals surface area contributed by atoms with E-state index >= 15 is 0 Å². The van der Waals surface area contributed by atoms with E-state index < -0.39 is 5.97 Å². The van der Waals surface area contributed by atoms with Crippen LogP contribution in [0.3, 0.4) is 0 Å². The average Bonchev–Trinajstić information content (AvgIpc) is 2.47. The summed E-state index contributed by atoms with van der Waals surface area (Å²) < 4.78 is 5.66. The molecule has 2 fully saturated rings. The Morgan fingerprint density at radius 3 is 2.75 bits per heavy atom. The first-order valence-electron chi connectivity index (χ1n) is 7.75. The Labute approximate surface area is 120 Å². The molecule has 1 aliphatic heterocycles. The number of ether oxygens (including phenoxy) is 1. The van der Waals surface area contributed by atoms with Crippen molar-refractivity contribution in [1.82, 2.24) is 4.90 Å². The third-order valence-electron chi connectivity index (χ3n) is 4.43. The summed E-state index contributed by atoms with van der Waals surface area (Å²) in [5.41, 5.74) is 0. The number of hydrogen-bond donors (Lipinski definition) is 1. The van der Waals surface area contributed by atoms with Crippen LogP contribution in [0.2, 0.25) is 0 Å². The molecule has 0 aromatic rings. The molecule has 2 aliphatic rings. The van der Waals surface area contributed by atoms with E-state index in [0.717, 1.165) is 25.7 Å². The Morgan fingerprint density at radius 2 is 2.05 bits per heavy atom. The summed E-state index contributed by atoms with van der Waals surface area (Å²) in [6.07, 6.45) is 5.07. The molecule has 1 amide bonds. The van der Waals surface area contributed by atoms with E-state index in [0.29, 0.717) is 32.5 Å². The summed E-state index contributed by atoms with van der Waals surface area (Å²) in [5.74, 6) is -1.07. The molecule has 0 radical (unpaired) electrons. The number of amides is 1. The van der Waals surface area contributed by atoms with Crippen LogP contribution in [-0.2, 0) is 14.3 Å². The van der Waals surface area contributed by atoms with Gasteiger partial charge < -0.3 is 14.7 Å². The van der Waals surface area contributed by atoms with Crippen molar-refractivity contribution in [3.8, 4) is 0 Å². The van der Waals surface area contributed by atoms with Crippen molar-refractivity contribution in [2.45, 2.75) is 51.6 Å². The number of carboxylic acids is 1. The molecule has 1 aliphatic carbocycles. The van der Waals surface area contributed by atoms with E-state index in [1.807, 2.05) is 4.90 Å². The highest BCUT2D eigenvalue weighted by molar-refractivity contribution is 5.80. The van der Waals surface area contributed by atoms with Crippen LogP contribution in [-0.4, -0.2) is 47.7 Å². The van der Waals surface area contributed by atoms with Gasteiger partial charge in [-0.1, -0.05) is 19.8 Å². The predicted molar refractivity (Wildman–Crippen MR) is 74.3 cm³/mol. The van der Waals surface area contributed by atoms with Crippen LogP contribution in [0.25, 0.3) is 0 Å². The Bertz CT molecular complexity index is 356. The van der Waals surface area contributed by atoms with Crippen molar-refractivity contribution in [3.05, 3.63) is 0 Å². The summed E-state index contributed by atoms with van der Waals surface area (Å²) in [7, 11) is 0. The van der Waals surface area contributed by atoms with Crippen LogP contribution in [0.4, 0.5) is 0 Å². The second-order valence-corrected chi connectivity index (χ2v) is 5.96. The molecule has 3 atom stereocenters. The van der Waals surface area contributed by atoms with Crippen LogP contribution in [0.5, 0.6) is 0 Å². The van der Waals surface area contributed by atoms with Gasteiger partial charge in [0.1, 0.15) is 0 Å². The minimum Gasteiger partial charge on any atom is -0.481 e. The quantitative estimate of drug-likeness (QED) is 0.855. The summed E-state index contributed by atoms with van der Waals surface area (Å²) in [6, 6.07) is 0. The minimum absolute atomic E-state index is 0.106. The maximum atomic E-state index is 12.5. The maximum Gasteiger partial charge on any atom is 0.306 e. The Kier molecular flexibility index (Phi) is 5.40. The van der Waals surface area contributed by atoms with Crippen LogP contribution in [0, 0.1) is 11.8 Å². The van der Waals surface area contributed by atoms with Crippen LogP contribution >= 0.6 is 0 Å². The summed E-state index contributed by atoms with van der Waals surface area (Å²) in [6.45, 7) is 4.03. The number of morpholine rings is 1. The van der Waals surface area contributed by atoms with E-state index in [4.69, 9.17) is 9.84 Å². The third-order valence-corrected chi connectivity index (χ3v) is 4.43. The fourth-order valence-corrected chi connectivity index (χ4v) is 3.31. The van der Waals surface area contributed by atoms with Crippen molar-refractivity contribution in [3.63, 3.8) is 0 Å². The molecule has 0 spiro atoms. The molecule has 20 heavy (non-hydrogen) atoms. The van der Waals surface area contributed by atoms with Crippen molar-refractivity contribution >= 4 is 11.9 Å². The first-order valence-corrected chi connectivity index (χ1v) is 7.75. The van der Waals surface area contributed by atoms with Crippen molar-refractivity contribution in [2.75, 3.05) is 19.7 Å². The maximum absolute atomic E-state index is 12.5. The minimum atomic E-state index is -0.756. The third kappa shape index (κ3) is 3.72. The lowest BCUT2D eigenvalue weighted by Crippen LogP contribution is -2.48. The van der Waals surface area contributed by atoms with Gasteiger partial charge >= 0.3 is 5.97 Å². The number of nitrogens with zero attached hydrogens (tertiary/aromatic N) is 1. The van der Waals surface area contributed by atoms with Gasteiger partial charge in [-0.25, -0.2) is 0 Å². The largest absolute Gasteiger partial charge is 0.481 e. The fraction of sp³-hybridized carbons (Fsp3) is 0.867. The van der Waals surface area contributed by atoms with Gasteiger partial charge in [0.25, 0.3) is 0 Å². The molecule has 114 valence electrons. The van der Waals surface area contributed by atoms with Gasteiger partial charge in [0.2, 0.25) is 5.91 Å². The lowest BCUT2D eigenvalue weighted by Gasteiger charge is -2.36. The van der Waals surface area contributed by atoms with Crippen molar-refractivity contribution < 1.29 is 19.4 Å². The van der Waals surface area contributed by atoms with E-state index in [9.17, 15) is 9.59 Å². The highest BCUT2D eigenvalue weighted by atomic mass is 16.5. The number of carbonyl (C=O) groups excluding carboxylic acids is 1. The Hall–Kier alpha value is -1.10. The van der Waals surface area contributed by atoms with E-state index in [2.05, 4.69) is 6.92 Å². The van der Waals surface area contributed by atoms with Crippen molar-refractivity contribution in [2.24, 2.45) is 11.8 Å². The Morgan fingerprint density at radius 1 is 1.30 bits per heavy atom. The molecule has 3 unspecified atom stereocenters. The Balaban J connectivity index is 1.91. The SMILES string of the molecule is CCCC1CN(C(=O)C2CCCC(C(=O)O)C2)CCO1. The van der Waals surface area contributed by atoms with Gasteiger partial charge in [-0.3, -0.25) is 9.59 Å². The van der Waals surface area contributed by atoms with Gasteiger partial charge in [0, 0.05) is 19.0 Å². The molecule has 1 N–H and O–H groups in total. The highest BCUT2D eigenvalue weighted by Gasteiger charge is 2.34. The molecule has 1 saturated carbocycles. The van der Waals surface area contributed by atoms with Crippen molar-refractivity contribution in [1.29, 1.82) is 0 Å². The first kappa shape index (κ1) is 15.3. The number of aliphatic carboxylic acids is 1. The monoisotopic (exact) mass is 283 g/mol. The van der Waals surface area contributed by atoms with E-state index in [1.165, 1.54) is 0 Å². The lowest BCUT2D eigenvalue weighted by molar-refractivity contribution is -0.148. The van der Waals surface area contributed by atoms with Gasteiger partial charge in [-0.15, -0.1) is 0 Å². The average molecular weight is 283 g/mol. The molecule has 5 nitrogen and oxygen atoms in total. The second kappa shape index (κ2) is 7.07. The normalized spacial score (nSPS) is 31.1. The van der Waals surface area contributed by atoms with E-state index in [-0.39, 0.29) is 23.8 Å². The molecular weight excluding hydrogens is 258 g/mol. The molecule has 1 heterocycles. The van der Waals surface area contributed by atoms with Gasteiger partial charge in [-0.2, -0.15) is 0 Å². The number of carboxylic acid groups (broad SMARTS) is 1. The van der Waals surface area contributed by atoms with Gasteiger partial charge in [0.05, 0.1) is 18.6 Å². The predicted octanol–water partition coefficient (Wildman–Crippen LogP) is 1.90. The zero-order chi connectivity index (χ0) is 14.5. The number of hydrogen-bond acceptors (Lipinski definition) is 3. The first-order chi connectivity index (χ1) is 9.61. The van der Waals surface area contributed by atoms with E-state index in [1.54, 1.807) is 0 Å². The standard InChI is InChI=1S/C15H25NO4/c1-2-4-13-10-16(7-8-20-13)14(17)11-5-3-6-12(9-11)15(18)19/h11-13H,2-10H2,1H3,(H,18,19). The second-order valence-electron chi connectivity index (χ2n) is 5.96. The highest BCUT2D eigenvalue weighted by Crippen LogP contribution is 2.31. The van der Waals surface area contributed by atoms with Crippen LogP contribution in [0.1, 0.15) is 45.4 Å². The van der Waals surface area contributed by atoms with Gasteiger partial charge in [-0.05, 0) is 25.7 Å². The molecule has 2 rings (SSSR count). The smallest absolute Gasteiger partial charge is 0.306 e. The topological polar surface area (TPSA) is 66.8 Å². The van der Waals surface area contributed by atoms with Crippen LogP contribution in [0.15, 0.2) is 0 Å².